The summed E-state index contributed by atoms with van der Waals surface area (Å²) in [5, 5.41) is 23.4. The molecule has 49 heavy (non-hydrogen) atoms. The lowest BCUT2D eigenvalue weighted by Gasteiger charge is -2.47. The molecule has 10 heteroatoms. The number of alkyl halides is 1. The van der Waals surface area contributed by atoms with E-state index in [0.29, 0.717) is 24.7 Å². The summed E-state index contributed by atoms with van der Waals surface area (Å²) in [4.78, 5) is 31.6. The number of likely N-dealkylation sites (tertiary alicyclic amines) is 1. The fraction of sp³-hybridized carbons (Fsp3) is 0.846. The van der Waals surface area contributed by atoms with E-state index in [1.807, 2.05) is 59.7 Å². The molecule has 282 valence electrons. The normalized spacial score (nSPS) is 42.8. The topological polar surface area (TPSA) is 109 Å². The number of ether oxygens (including phenoxy) is 3. The second-order valence-corrected chi connectivity index (χ2v) is 16.9. The van der Waals surface area contributed by atoms with E-state index in [0.717, 1.165) is 36.1 Å². The third kappa shape index (κ3) is 12.1. The van der Waals surface area contributed by atoms with E-state index >= 15 is 0 Å². The molecule has 0 aliphatic carbocycles. The van der Waals surface area contributed by atoms with Gasteiger partial charge in [0, 0.05) is 47.2 Å². The fourth-order valence-electron chi connectivity index (χ4n) is 8.47. The first-order chi connectivity index (χ1) is 23.1. The molecule has 0 radical (unpaired) electrons. The summed E-state index contributed by atoms with van der Waals surface area (Å²) in [5.41, 5.74) is 0.950. The van der Waals surface area contributed by atoms with Gasteiger partial charge in [0.2, 0.25) is 0 Å². The van der Waals surface area contributed by atoms with Gasteiger partial charge in [0.05, 0.1) is 24.7 Å². The molecule has 3 rings (SSSR count). The molecular weight excluding hydrogens is 735 g/mol. The second-order valence-electron chi connectivity index (χ2n) is 16.0. The van der Waals surface area contributed by atoms with Gasteiger partial charge in [-0.2, -0.15) is 0 Å². The molecule has 3 heterocycles. The Morgan fingerprint density at radius 1 is 1.00 bits per heavy atom. The van der Waals surface area contributed by atoms with Crippen LogP contribution in [0.4, 0.5) is 0 Å². The van der Waals surface area contributed by atoms with Crippen LogP contribution in [0.15, 0.2) is 23.8 Å². The lowest BCUT2D eigenvalue weighted by atomic mass is 9.79. The van der Waals surface area contributed by atoms with Crippen molar-refractivity contribution in [2.45, 2.75) is 130 Å². The van der Waals surface area contributed by atoms with Gasteiger partial charge < -0.3 is 34.2 Å². The number of carbonyl (C=O) groups excluding carboxylic acids is 2. The molecule has 0 aromatic rings. The first-order valence-corrected chi connectivity index (χ1v) is 20.3. The highest BCUT2D eigenvalue weighted by molar-refractivity contribution is 14.1. The number of nitrogens with zero attached hydrogens (tertiary/aromatic N) is 2. The number of aliphatic hydroxyl groups excluding tert-OH is 2. The molecule has 0 aromatic carbocycles. The van der Waals surface area contributed by atoms with Crippen molar-refractivity contribution in [2.24, 2.45) is 41.4 Å². The van der Waals surface area contributed by atoms with E-state index in [4.69, 9.17) is 14.2 Å². The third-order valence-electron chi connectivity index (χ3n) is 11.3. The molecular formula is C39H67IN2O7. The Morgan fingerprint density at radius 3 is 2.24 bits per heavy atom. The summed E-state index contributed by atoms with van der Waals surface area (Å²) in [5.74, 6) is -0.0776. The SMILES string of the molecule is CCC1OC(=O)C[C@@H](O)[C@H](C)[C@@H](OC2OC(C)C(C)C(N(C)C)C2O)[C@@H](CCN2C[C@H](C)C[C@H](C)C2)C[C@@H](C)C(=O)/C=C/C(C)=C/[C@@H]1CI. The number of rotatable bonds is 8. The first-order valence-electron chi connectivity index (χ1n) is 18.8. The summed E-state index contributed by atoms with van der Waals surface area (Å²) in [6.45, 7) is 19.4. The lowest BCUT2D eigenvalue weighted by molar-refractivity contribution is -0.295. The van der Waals surface area contributed by atoms with Crippen molar-refractivity contribution < 1.29 is 34.0 Å². The Morgan fingerprint density at radius 2 is 1.65 bits per heavy atom. The van der Waals surface area contributed by atoms with Crippen molar-refractivity contribution in [2.75, 3.05) is 38.2 Å². The van der Waals surface area contributed by atoms with Crippen molar-refractivity contribution in [1.29, 1.82) is 0 Å². The Kier molecular flexibility index (Phi) is 17.2. The zero-order valence-electron chi connectivity index (χ0n) is 31.9. The van der Waals surface area contributed by atoms with E-state index in [1.54, 1.807) is 6.08 Å². The van der Waals surface area contributed by atoms with Crippen LogP contribution in [0.5, 0.6) is 0 Å². The number of carbonyl (C=O) groups is 2. The summed E-state index contributed by atoms with van der Waals surface area (Å²) in [6, 6.07) is -0.191. The number of aliphatic hydroxyl groups is 2. The summed E-state index contributed by atoms with van der Waals surface area (Å²) >= 11 is 2.31. The lowest BCUT2D eigenvalue weighted by Crippen LogP contribution is -2.60. The zero-order chi connectivity index (χ0) is 36.6. The molecule has 14 atom stereocenters. The molecule has 0 bridgehead atoms. The van der Waals surface area contributed by atoms with Gasteiger partial charge in [-0.05, 0) is 84.0 Å². The summed E-state index contributed by atoms with van der Waals surface area (Å²) < 4.78 is 20.0. The third-order valence-corrected chi connectivity index (χ3v) is 12.4. The van der Waals surface area contributed by atoms with Crippen LogP contribution in [-0.4, -0.2) is 113 Å². The molecule has 0 amide bonds. The molecule has 9 nitrogen and oxygen atoms in total. The number of halogens is 1. The van der Waals surface area contributed by atoms with Gasteiger partial charge in [-0.3, -0.25) is 9.59 Å². The highest BCUT2D eigenvalue weighted by atomic mass is 127. The molecule has 2 saturated heterocycles. The fourth-order valence-corrected chi connectivity index (χ4v) is 9.29. The van der Waals surface area contributed by atoms with Crippen LogP contribution in [0.2, 0.25) is 0 Å². The molecule has 0 spiro atoms. The number of piperidine rings is 1. The van der Waals surface area contributed by atoms with E-state index < -0.39 is 36.5 Å². The number of likely N-dealkylation sites (N-methyl/N-ethyl adjacent to an activating group) is 1. The quantitative estimate of drug-likeness (QED) is 0.176. The minimum Gasteiger partial charge on any atom is -0.462 e. The maximum atomic E-state index is 13.6. The predicted molar refractivity (Wildman–Crippen MR) is 203 cm³/mol. The van der Waals surface area contributed by atoms with Gasteiger partial charge in [0.15, 0.2) is 12.1 Å². The highest BCUT2D eigenvalue weighted by Crippen LogP contribution is 2.36. The molecule has 6 unspecified atom stereocenters. The van der Waals surface area contributed by atoms with Crippen molar-refractivity contribution in [1.82, 2.24) is 9.80 Å². The van der Waals surface area contributed by atoms with Crippen LogP contribution in [-0.2, 0) is 23.8 Å². The predicted octanol–water partition coefficient (Wildman–Crippen LogP) is 5.90. The van der Waals surface area contributed by atoms with E-state index in [1.165, 1.54) is 6.42 Å². The Labute approximate surface area is 310 Å². The molecule has 2 fully saturated rings. The maximum Gasteiger partial charge on any atom is 0.308 e. The standard InChI is InChI=1S/C39H67IN2O7/c1-11-34-31(20-40)17-23(2)12-13-32(43)26(5)18-30(14-15-42-21-24(3)16-25(4)22-42)38(28(7)33(44)19-35(45)48-34)49-39-37(46)36(41(9)10)27(6)29(8)47-39/h12-13,17,24-31,33-34,36-39,44,46H,11,14-16,18-22H2,1-10H3/b13-12+,23-17+/t24-,25+,26-,27?,28+,29?,30+,31-,33-,34?,36?,37?,38-,39?/m1/s1. The van der Waals surface area contributed by atoms with Crippen molar-refractivity contribution >= 4 is 34.3 Å². The van der Waals surface area contributed by atoms with Gasteiger partial charge in [-0.1, -0.05) is 81.9 Å². The Bertz CT molecular complexity index is 1110. The Hall–Kier alpha value is -0.890. The molecule has 0 aromatic heterocycles. The van der Waals surface area contributed by atoms with E-state index in [2.05, 4.69) is 54.3 Å². The number of hydrogen-bond acceptors (Lipinski definition) is 9. The van der Waals surface area contributed by atoms with Crippen LogP contribution in [0.25, 0.3) is 0 Å². The van der Waals surface area contributed by atoms with Gasteiger partial charge >= 0.3 is 5.97 Å². The van der Waals surface area contributed by atoms with Crippen LogP contribution in [0, 0.1) is 41.4 Å². The van der Waals surface area contributed by atoms with Crippen LogP contribution >= 0.6 is 22.6 Å². The maximum absolute atomic E-state index is 13.6. The number of allylic oxidation sites excluding steroid dienone is 3. The minimum absolute atomic E-state index is 0.0196. The van der Waals surface area contributed by atoms with Gasteiger partial charge in [-0.15, -0.1) is 0 Å². The Balaban J connectivity index is 2.04. The van der Waals surface area contributed by atoms with E-state index in [-0.39, 0.29) is 54.1 Å². The van der Waals surface area contributed by atoms with Crippen LogP contribution < -0.4 is 0 Å². The molecule has 3 aliphatic heterocycles. The van der Waals surface area contributed by atoms with Gasteiger partial charge in [0.1, 0.15) is 12.2 Å². The van der Waals surface area contributed by atoms with E-state index in [9.17, 15) is 19.8 Å². The molecule has 0 saturated carbocycles. The first kappa shape index (κ1) is 42.5. The minimum atomic E-state index is -1.05. The van der Waals surface area contributed by atoms with Crippen LogP contribution in [0.3, 0.4) is 0 Å². The monoisotopic (exact) mass is 802 g/mol. The summed E-state index contributed by atoms with van der Waals surface area (Å²) in [6.07, 6.45) is 4.59. The number of ketones is 1. The highest BCUT2D eigenvalue weighted by Gasteiger charge is 2.46. The average molecular weight is 803 g/mol. The van der Waals surface area contributed by atoms with Gasteiger partial charge in [0.25, 0.3) is 0 Å². The number of cyclic esters (lactones) is 1. The van der Waals surface area contributed by atoms with Crippen LogP contribution in [0.1, 0.15) is 87.5 Å². The number of esters is 1. The smallest absolute Gasteiger partial charge is 0.308 e. The molecule has 2 N–H and O–H groups in total. The van der Waals surface area contributed by atoms with Crippen molar-refractivity contribution in [3.63, 3.8) is 0 Å². The average Bonchev–Trinajstić information content (AvgIpc) is 3.03. The number of hydrogen-bond donors (Lipinski definition) is 2. The van der Waals surface area contributed by atoms with Crippen molar-refractivity contribution in [3.8, 4) is 0 Å². The summed E-state index contributed by atoms with van der Waals surface area (Å²) in [7, 11) is 3.91. The largest absolute Gasteiger partial charge is 0.462 e. The van der Waals surface area contributed by atoms with Crippen molar-refractivity contribution in [3.05, 3.63) is 23.8 Å². The van der Waals surface area contributed by atoms with Gasteiger partial charge in [-0.25, -0.2) is 0 Å². The molecule has 3 aliphatic rings. The zero-order valence-corrected chi connectivity index (χ0v) is 34.0. The second kappa shape index (κ2) is 19.8.